The predicted molar refractivity (Wildman–Crippen MR) is 57.0 cm³/mol. The Morgan fingerprint density at radius 2 is 2.43 bits per heavy atom. The average molecular weight is 213 g/mol. The third-order valence-electron chi connectivity index (χ3n) is 2.13. The van der Waals surface area contributed by atoms with Gasteiger partial charge in [-0.25, -0.2) is 0 Å². The first-order valence-corrected chi connectivity index (χ1v) is 5.42. The number of carbonyl (C=O) groups is 1. The maximum Gasteiger partial charge on any atom is 0.326 e. The monoisotopic (exact) mass is 213 g/mol. The van der Waals surface area contributed by atoms with E-state index < -0.39 is 5.54 Å². The van der Waals surface area contributed by atoms with Crippen LogP contribution in [0.3, 0.4) is 0 Å². The van der Waals surface area contributed by atoms with Gasteiger partial charge in [-0.3, -0.25) is 4.79 Å². The topological polar surface area (TPSA) is 52.3 Å². The van der Waals surface area contributed by atoms with E-state index in [1.165, 1.54) is 0 Å². The summed E-state index contributed by atoms with van der Waals surface area (Å²) in [6.07, 6.45) is 0.580. The van der Waals surface area contributed by atoms with Crippen molar-refractivity contribution in [2.75, 3.05) is 0 Å². The summed E-state index contributed by atoms with van der Waals surface area (Å²) >= 11 is 1.57. The summed E-state index contributed by atoms with van der Waals surface area (Å²) < 4.78 is 5.09. The molecule has 0 spiro atoms. The van der Waals surface area contributed by atoms with Crippen molar-refractivity contribution in [2.45, 2.75) is 32.4 Å². The number of carbonyl (C=O) groups excluding carboxylic acids is 1. The molecular weight excluding hydrogens is 198 g/mol. The molecule has 2 N–H and O–H groups in total. The second-order valence-corrected chi connectivity index (χ2v) is 4.46. The number of hydrogen-bond acceptors (Lipinski definition) is 4. The van der Waals surface area contributed by atoms with E-state index in [1.54, 1.807) is 18.3 Å². The fourth-order valence-corrected chi connectivity index (χ4v) is 1.46. The lowest BCUT2D eigenvalue weighted by atomic mass is 10.0. The molecule has 0 bridgehead atoms. The molecule has 1 unspecified atom stereocenters. The molecule has 0 radical (unpaired) electrons. The van der Waals surface area contributed by atoms with Gasteiger partial charge in [0.25, 0.3) is 0 Å². The van der Waals surface area contributed by atoms with Gasteiger partial charge in [0.1, 0.15) is 12.1 Å². The standard InChI is InChI=1S/C10H15NO2S/c1-3-10(2,11)9(12)13-7-8-5-4-6-14-8/h4-6H,3,7,11H2,1-2H3. The second-order valence-electron chi connectivity index (χ2n) is 3.43. The summed E-state index contributed by atoms with van der Waals surface area (Å²) in [7, 11) is 0. The summed E-state index contributed by atoms with van der Waals surface area (Å²) in [5.41, 5.74) is 4.86. The van der Waals surface area contributed by atoms with Gasteiger partial charge in [-0.1, -0.05) is 13.0 Å². The van der Waals surface area contributed by atoms with Gasteiger partial charge in [-0.15, -0.1) is 11.3 Å². The van der Waals surface area contributed by atoms with E-state index in [0.29, 0.717) is 13.0 Å². The molecule has 0 saturated heterocycles. The highest BCUT2D eigenvalue weighted by Gasteiger charge is 2.27. The van der Waals surface area contributed by atoms with E-state index in [2.05, 4.69) is 0 Å². The van der Waals surface area contributed by atoms with E-state index >= 15 is 0 Å². The van der Waals surface area contributed by atoms with Crippen LogP contribution in [-0.2, 0) is 16.1 Å². The molecule has 1 atom stereocenters. The minimum Gasteiger partial charge on any atom is -0.459 e. The van der Waals surface area contributed by atoms with Crippen molar-refractivity contribution < 1.29 is 9.53 Å². The Labute approximate surface area is 87.9 Å². The van der Waals surface area contributed by atoms with Gasteiger partial charge in [-0.2, -0.15) is 0 Å². The van der Waals surface area contributed by atoms with E-state index in [4.69, 9.17) is 10.5 Å². The lowest BCUT2D eigenvalue weighted by Crippen LogP contribution is -2.45. The molecule has 0 fully saturated rings. The molecule has 0 aromatic carbocycles. The van der Waals surface area contributed by atoms with Gasteiger partial charge < -0.3 is 10.5 Å². The summed E-state index contributed by atoms with van der Waals surface area (Å²) in [5.74, 6) is -0.339. The molecule has 1 aromatic heterocycles. The maximum absolute atomic E-state index is 11.4. The smallest absolute Gasteiger partial charge is 0.326 e. The van der Waals surface area contributed by atoms with Crippen LogP contribution in [0, 0.1) is 0 Å². The minimum absolute atomic E-state index is 0.323. The number of nitrogens with two attached hydrogens (primary N) is 1. The van der Waals surface area contributed by atoms with Crippen LogP contribution in [-0.4, -0.2) is 11.5 Å². The molecule has 78 valence electrons. The Balaban J connectivity index is 2.43. The zero-order chi connectivity index (χ0) is 10.6. The molecule has 14 heavy (non-hydrogen) atoms. The third-order valence-corrected chi connectivity index (χ3v) is 2.98. The van der Waals surface area contributed by atoms with E-state index in [-0.39, 0.29) is 5.97 Å². The molecule has 0 amide bonds. The molecule has 0 aliphatic carbocycles. The Hall–Kier alpha value is -0.870. The number of ether oxygens (including phenoxy) is 1. The van der Waals surface area contributed by atoms with E-state index in [0.717, 1.165) is 4.88 Å². The van der Waals surface area contributed by atoms with Crippen molar-refractivity contribution in [3.05, 3.63) is 22.4 Å². The first kappa shape index (κ1) is 11.2. The molecule has 0 aliphatic rings. The summed E-state index contributed by atoms with van der Waals surface area (Å²) in [4.78, 5) is 12.5. The molecule has 0 aliphatic heterocycles. The van der Waals surface area contributed by atoms with Crippen molar-refractivity contribution >= 4 is 17.3 Å². The van der Waals surface area contributed by atoms with Crippen LogP contribution in [0.15, 0.2) is 17.5 Å². The number of thiophene rings is 1. The average Bonchev–Trinajstić information content (AvgIpc) is 2.66. The number of esters is 1. The van der Waals surface area contributed by atoms with Crippen LogP contribution in [0.5, 0.6) is 0 Å². The highest BCUT2D eigenvalue weighted by molar-refractivity contribution is 7.09. The van der Waals surface area contributed by atoms with Gasteiger partial charge in [0.2, 0.25) is 0 Å². The minimum atomic E-state index is -0.864. The predicted octanol–water partition coefficient (Wildman–Crippen LogP) is 1.92. The maximum atomic E-state index is 11.4. The van der Waals surface area contributed by atoms with Crippen molar-refractivity contribution in [1.82, 2.24) is 0 Å². The van der Waals surface area contributed by atoms with Gasteiger partial charge in [0.15, 0.2) is 0 Å². The van der Waals surface area contributed by atoms with Crippen molar-refractivity contribution in [1.29, 1.82) is 0 Å². The van der Waals surface area contributed by atoms with Crippen LogP contribution in [0.1, 0.15) is 25.1 Å². The fraction of sp³-hybridized carbons (Fsp3) is 0.500. The second kappa shape index (κ2) is 4.57. The zero-order valence-electron chi connectivity index (χ0n) is 8.45. The first-order valence-electron chi connectivity index (χ1n) is 4.54. The normalized spacial score (nSPS) is 14.8. The Kier molecular flexibility index (Phi) is 3.66. The highest BCUT2D eigenvalue weighted by atomic mass is 32.1. The van der Waals surface area contributed by atoms with Crippen LogP contribution in [0.4, 0.5) is 0 Å². The number of hydrogen-bond donors (Lipinski definition) is 1. The highest BCUT2D eigenvalue weighted by Crippen LogP contribution is 2.13. The van der Waals surface area contributed by atoms with Crippen molar-refractivity contribution in [2.24, 2.45) is 5.73 Å². The Morgan fingerprint density at radius 1 is 1.71 bits per heavy atom. The van der Waals surface area contributed by atoms with Gasteiger partial charge >= 0.3 is 5.97 Å². The molecule has 1 rings (SSSR count). The lowest BCUT2D eigenvalue weighted by molar-refractivity contribution is -0.150. The first-order chi connectivity index (χ1) is 6.56. The SMILES string of the molecule is CCC(C)(N)C(=O)OCc1cccs1. The van der Waals surface area contributed by atoms with Crippen molar-refractivity contribution in [3.63, 3.8) is 0 Å². The quantitative estimate of drug-likeness (QED) is 0.777. The van der Waals surface area contributed by atoms with Gasteiger partial charge in [0.05, 0.1) is 0 Å². The third kappa shape index (κ3) is 2.82. The van der Waals surface area contributed by atoms with Crippen LogP contribution < -0.4 is 5.73 Å². The largest absolute Gasteiger partial charge is 0.459 e. The fourth-order valence-electron chi connectivity index (χ4n) is 0.841. The van der Waals surface area contributed by atoms with Crippen LogP contribution >= 0.6 is 11.3 Å². The number of rotatable bonds is 4. The lowest BCUT2D eigenvalue weighted by Gasteiger charge is -2.19. The van der Waals surface area contributed by atoms with Crippen LogP contribution in [0.25, 0.3) is 0 Å². The Morgan fingerprint density at radius 3 is 2.93 bits per heavy atom. The molecule has 1 heterocycles. The van der Waals surface area contributed by atoms with Crippen LogP contribution in [0.2, 0.25) is 0 Å². The van der Waals surface area contributed by atoms with Crippen molar-refractivity contribution in [3.8, 4) is 0 Å². The van der Waals surface area contributed by atoms with Gasteiger partial charge in [-0.05, 0) is 24.8 Å². The molecule has 0 saturated carbocycles. The molecule has 4 heteroatoms. The molecular formula is C10H15NO2S. The summed E-state index contributed by atoms with van der Waals surface area (Å²) in [5, 5.41) is 1.95. The van der Waals surface area contributed by atoms with E-state index in [9.17, 15) is 4.79 Å². The van der Waals surface area contributed by atoms with E-state index in [1.807, 2.05) is 24.4 Å². The summed E-state index contributed by atoms with van der Waals surface area (Å²) in [6, 6.07) is 3.85. The Bertz CT molecular complexity index is 293. The molecule has 3 nitrogen and oxygen atoms in total. The van der Waals surface area contributed by atoms with Gasteiger partial charge in [0, 0.05) is 4.88 Å². The molecule has 1 aromatic rings. The zero-order valence-corrected chi connectivity index (χ0v) is 9.26. The summed E-state index contributed by atoms with van der Waals surface area (Å²) in [6.45, 7) is 3.87.